The molecule has 0 saturated heterocycles. The Morgan fingerprint density at radius 1 is 1.53 bits per heavy atom. The molecular weight excluding hydrogens is 281 g/mol. The van der Waals surface area contributed by atoms with E-state index in [-0.39, 0.29) is 0 Å². The van der Waals surface area contributed by atoms with Gasteiger partial charge in [0.05, 0.1) is 10.6 Å². The average molecular weight is 293 g/mol. The van der Waals surface area contributed by atoms with Crippen LogP contribution < -0.4 is 0 Å². The molecule has 0 aliphatic carbocycles. The number of pyridine rings is 1. The van der Waals surface area contributed by atoms with E-state index >= 15 is 0 Å². The van der Waals surface area contributed by atoms with E-state index < -0.39 is 11.6 Å². The number of carbonyl (C=O) groups is 1. The number of esters is 1. The molecular formula is C10H11BrClNO2. The third-order valence-corrected chi connectivity index (χ3v) is 2.58. The predicted molar refractivity (Wildman–Crippen MR) is 62.1 cm³/mol. The first-order chi connectivity index (χ1) is 6.79. The van der Waals surface area contributed by atoms with Crippen molar-refractivity contribution in [3.63, 3.8) is 0 Å². The molecule has 0 fully saturated rings. The van der Waals surface area contributed by atoms with Gasteiger partial charge in [-0.15, -0.1) is 0 Å². The molecule has 1 aromatic heterocycles. The minimum Gasteiger partial charge on any atom is -0.456 e. The molecule has 5 heteroatoms. The standard InChI is InChI=1S/C10H11BrClNO2/c1-10(2,3)15-9(14)6-4-7(12)8(11)13-5-6/h4-5H,1-3H3. The van der Waals surface area contributed by atoms with Gasteiger partial charge >= 0.3 is 5.97 Å². The number of aromatic nitrogens is 1. The lowest BCUT2D eigenvalue weighted by molar-refractivity contribution is 0.00691. The minimum absolute atomic E-state index is 0.345. The van der Waals surface area contributed by atoms with E-state index in [0.29, 0.717) is 15.2 Å². The van der Waals surface area contributed by atoms with Crippen LogP contribution in [0.4, 0.5) is 0 Å². The minimum atomic E-state index is -0.517. The Hall–Kier alpha value is -0.610. The first-order valence-corrected chi connectivity index (χ1v) is 5.51. The molecule has 0 amide bonds. The quantitative estimate of drug-likeness (QED) is 0.588. The summed E-state index contributed by atoms with van der Waals surface area (Å²) in [6, 6.07) is 1.52. The Balaban J connectivity index is 2.88. The summed E-state index contributed by atoms with van der Waals surface area (Å²) in [5.74, 6) is -0.426. The van der Waals surface area contributed by atoms with E-state index in [1.807, 2.05) is 0 Å². The third kappa shape index (κ3) is 3.80. The number of halogens is 2. The van der Waals surface area contributed by atoms with Crippen LogP contribution in [-0.2, 0) is 4.74 Å². The molecule has 0 bridgehead atoms. The SMILES string of the molecule is CC(C)(C)OC(=O)c1cnc(Br)c(Cl)c1. The molecule has 15 heavy (non-hydrogen) atoms. The topological polar surface area (TPSA) is 39.2 Å². The van der Waals surface area contributed by atoms with Crippen molar-refractivity contribution in [2.24, 2.45) is 0 Å². The number of hydrogen-bond donors (Lipinski definition) is 0. The van der Waals surface area contributed by atoms with Crippen LogP contribution >= 0.6 is 27.5 Å². The molecule has 82 valence electrons. The predicted octanol–water partition coefficient (Wildman–Crippen LogP) is 3.45. The van der Waals surface area contributed by atoms with Gasteiger partial charge in [0.25, 0.3) is 0 Å². The summed E-state index contributed by atoms with van der Waals surface area (Å²) < 4.78 is 5.68. The smallest absolute Gasteiger partial charge is 0.340 e. The Bertz CT molecular complexity index is 387. The van der Waals surface area contributed by atoms with Crippen LogP contribution in [0.1, 0.15) is 31.1 Å². The number of carbonyl (C=O) groups excluding carboxylic acids is 1. The summed E-state index contributed by atoms with van der Waals surface area (Å²) in [5.41, 5.74) is -0.172. The fourth-order valence-corrected chi connectivity index (χ4v) is 1.25. The van der Waals surface area contributed by atoms with Gasteiger partial charge in [-0.05, 0) is 42.8 Å². The van der Waals surface area contributed by atoms with E-state index in [0.717, 1.165) is 0 Å². The van der Waals surface area contributed by atoms with E-state index in [9.17, 15) is 4.79 Å². The number of nitrogens with zero attached hydrogens (tertiary/aromatic N) is 1. The van der Waals surface area contributed by atoms with Crippen molar-refractivity contribution < 1.29 is 9.53 Å². The summed E-state index contributed by atoms with van der Waals surface area (Å²) in [6.45, 7) is 5.41. The molecule has 1 heterocycles. The highest BCUT2D eigenvalue weighted by molar-refractivity contribution is 9.10. The summed E-state index contributed by atoms with van der Waals surface area (Å²) in [6.07, 6.45) is 1.42. The monoisotopic (exact) mass is 291 g/mol. The molecule has 0 saturated carbocycles. The van der Waals surface area contributed by atoms with Crippen LogP contribution in [0.15, 0.2) is 16.9 Å². The normalized spacial score (nSPS) is 11.3. The number of hydrogen-bond acceptors (Lipinski definition) is 3. The van der Waals surface area contributed by atoms with Crippen LogP contribution in [0.5, 0.6) is 0 Å². The van der Waals surface area contributed by atoms with Crippen LogP contribution in [0.2, 0.25) is 5.02 Å². The fraction of sp³-hybridized carbons (Fsp3) is 0.400. The van der Waals surface area contributed by atoms with Gasteiger partial charge in [0.2, 0.25) is 0 Å². The molecule has 0 atom stereocenters. The van der Waals surface area contributed by atoms with Gasteiger partial charge in [0.15, 0.2) is 0 Å². The van der Waals surface area contributed by atoms with E-state index in [2.05, 4.69) is 20.9 Å². The molecule has 0 radical (unpaired) electrons. The molecule has 1 rings (SSSR count). The van der Waals surface area contributed by atoms with Gasteiger partial charge in [-0.2, -0.15) is 0 Å². The van der Waals surface area contributed by atoms with Crippen molar-refractivity contribution in [2.75, 3.05) is 0 Å². The second-order valence-electron chi connectivity index (χ2n) is 4.00. The Kier molecular flexibility index (Phi) is 3.73. The lowest BCUT2D eigenvalue weighted by atomic mass is 10.2. The molecule has 1 aromatic rings. The molecule has 0 unspecified atom stereocenters. The molecule has 0 N–H and O–H groups in total. The van der Waals surface area contributed by atoms with Gasteiger partial charge in [-0.1, -0.05) is 11.6 Å². The summed E-state index contributed by atoms with van der Waals surface area (Å²) in [5, 5.41) is 0.387. The van der Waals surface area contributed by atoms with Gasteiger partial charge in [0.1, 0.15) is 10.2 Å². The van der Waals surface area contributed by atoms with Gasteiger partial charge in [-0.25, -0.2) is 9.78 Å². The van der Waals surface area contributed by atoms with Crippen LogP contribution in [0, 0.1) is 0 Å². The maximum atomic E-state index is 11.6. The maximum absolute atomic E-state index is 11.6. The van der Waals surface area contributed by atoms with Crippen molar-refractivity contribution in [2.45, 2.75) is 26.4 Å². The summed E-state index contributed by atoms with van der Waals surface area (Å²) in [4.78, 5) is 15.5. The molecule has 0 aliphatic heterocycles. The Labute approximate surface area is 102 Å². The highest BCUT2D eigenvalue weighted by Crippen LogP contribution is 2.21. The number of rotatable bonds is 1. The summed E-state index contributed by atoms with van der Waals surface area (Å²) >= 11 is 8.96. The van der Waals surface area contributed by atoms with Crippen molar-refractivity contribution in [1.82, 2.24) is 4.98 Å². The molecule has 3 nitrogen and oxygen atoms in total. The van der Waals surface area contributed by atoms with Gasteiger partial charge in [0, 0.05) is 6.20 Å². The van der Waals surface area contributed by atoms with E-state index in [1.54, 1.807) is 20.8 Å². The largest absolute Gasteiger partial charge is 0.456 e. The molecule has 0 aromatic carbocycles. The van der Waals surface area contributed by atoms with E-state index in [4.69, 9.17) is 16.3 Å². The van der Waals surface area contributed by atoms with Crippen LogP contribution in [-0.4, -0.2) is 16.6 Å². The van der Waals surface area contributed by atoms with Gasteiger partial charge < -0.3 is 4.74 Å². The maximum Gasteiger partial charge on any atom is 0.340 e. The number of ether oxygens (including phenoxy) is 1. The van der Waals surface area contributed by atoms with Crippen molar-refractivity contribution in [3.05, 3.63) is 27.5 Å². The second-order valence-corrected chi connectivity index (χ2v) is 5.16. The average Bonchev–Trinajstić information content (AvgIpc) is 2.06. The first kappa shape index (κ1) is 12.5. The molecule has 0 aliphatic rings. The molecule has 0 spiro atoms. The highest BCUT2D eigenvalue weighted by Gasteiger charge is 2.18. The fourth-order valence-electron chi connectivity index (χ4n) is 0.870. The first-order valence-electron chi connectivity index (χ1n) is 4.34. The Morgan fingerprint density at radius 2 is 2.13 bits per heavy atom. The van der Waals surface area contributed by atoms with Gasteiger partial charge in [-0.3, -0.25) is 0 Å². The van der Waals surface area contributed by atoms with Crippen molar-refractivity contribution in [1.29, 1.82) is 0 Å². The van der Waals surface area contributed by atoms with Crippen molar-refractivity contribution in [3.8, 4) is 0 Å². The van der Waals surface area contributed by atoms with E-state index in [1.165, 1.54) is 12.3 Å². The zero-order valence-corrected chi connectivity index (χ0v) is 11.0. The van der Waals surface area contributed by atoms with Crippen LogP contribution in [0.25, 0.3) is 0 Å². The lowest BCUT2D eigenvalue weighted by Crippen LogP contribution is -2.23. The van der Waals surface area contributed by atoms with Crippen LogP contribution in [0.3, 0.4) is 0 Å². The third-order valence-electron chi connectivity index (χ3n) is 1.43. The highest BCUT2D eigenvalue weighted by atomic mass is 79.9. The zero-order valence-electron chi connectivity index (χ0n) is 8.67. The zero-order chi connectivity index (χ0) is 11.6. The lowest BCUT2D eigenvalue weighted by Gasteiger charge is -2.19. The second kappa shape index (κ2) is 4.49. The van der Waals surface area contributed by atoms with Crippen molar-refractivity contribution >= 4 is 33.5 Å². The Morgan fingerprint density at radius 3 is 2.60 bits per heavy atom. The summed E-state index contributed by atoms with van der Waals surface area (Å²) in [7, 11) is 0.